The third kappa shape index (κ3) is 3.63. The highest BCUT2D eigenvalue weighted by Gasteiger charge is 2.18. The normalized spacial score (nSPS) is 11.7. The molecule has 8 heteroatoms. The summed E-state index contributed by atoms with van der Waals surface area (Å²) in [5.74, 6) is 2.85. The van der Waals surface area contributed by atoms with Crippen LogP contribution in [0.1, 0.15) is 37.0 Å². The summed E-state index contributed by atoms with van der Waals surface area (Å²) < 4.78 is 9.44. The van der Waals surface area contributed by atoms with Gasteiger partial charge in [0.15, 0.2) is 5.16 Å². The largest absolute Gasteiger partial charge is 0.445 e. The van der Waals surface area contributed by atoms with E-state index in [1.54, 1.807) is 10.8 Å². The van der Waals surface area contributed by atoms with E-state index in [4.69, 9.17) is 4.42 Å². The summed E-state index contributed by atoms with van der Waals surface area (Å²) in [6.07, 6.45) is 1.77. The number of hydrogen-bond acceptors (Lipinski definition) is 6. The number of hydrogen-bond donors (Lipinski definition) is 0. The highest BCUT2D eigenvalue weighted by atomic mass is 32.2. The topological polar surface area (TPSA) is 78.2 Å². The van der Waals surface area contributed by atoms with Crippen LogP contribution in [0, 0.1) is 0 Å². The summed E-state index contributed by atoms with van der Waals surface area (Å²) >= 11 is 1.49. The molecular weight excluding hydrogens is 410 g/mol. The Morgan fingerprint density at radius 2 is 1.81 bits per heavy atom. The molecule has 0 saturated carbocycles. The maximum atomic E-state index is 13.3. The molecule has 31 heavy (non-hydrogen) atoms. The van der Waals surface area contributed by atoms with E-state index < -0.39 is 0 Å². The Morgan fingerprint density at radius 3 is 2.58 bits per heavy atom. The van der Waals surface area contributed by atoms with Crippen molar-refractivity contribution in [2.24, 2.45) is 0 Å². The van der Waals surface area contributed by atoms with Gasteiger partial charge in [-0.2, -0.15) is 0 Å². The summed E-state index contributed by atoms with van der Waals surface area (Å²) in [5.41, 5.74) is 1.74. The van der Waals surface area contributed by atoms with Crippen LogP contribution in [0.2, 0.25) is 0 Å². The lowest BCUT2D eigenvalue weighted by atomic mass is 10.2. The molecule has 0 radical (unpaired) electrons. The van der Waals surface area contributed by atoms with E-state index in [1.807, 2.05) is 59.0 Å². The second-order valence-corrected chi connectivity index (χ2v) is 8.55. The van der Waals surface area contributed by atoms with Crippen LogP contribution in [0.3, 0.4) is 0 Å². The number of fused-ring (bicyclic) bond motifs is 3. The molecule has 0 aliphatic carbocycles. The molecule has 0 unspecified atom stereocenters. The molecule has 0 spiro atoms. The average Bonchev–Trinajstić information content (AvgIpc) is 3.43. The van der Waals surface area contributed by atoms with Crippen molar-refractivity contribution in [3.8, 4) is 0 Å². The molecule has 0 saturated heterocycles. The second-order valence-electron chi connectivity index (χ2n) is 7.61. The Bertz CT molecular complexity index is 1420. The van der Waals surface area contributed by atoms with E-state index in [1.165, 1.54) is 11.8 Å². The Morgan fingerprint density at radius 1 is 1.03 bits per heavy atom. The maximum Gasteiger partial charge on any atom is 0.263 e. The molecule has 0 bridgehead atoms. The van der Waals surface area contributed by atoms with Crippen LogP contribution in [0.25, 0.3) is 16.7 Å². The van der Waals surface area contributed by atoms with Gasteiger partial charge in [0.05, 0.1) is 29.4 Å². The second kappa shape index (κ2) is 8.03. The van der Waals surface area contributed by atoms with Gasteiger partial charge in [-0.1, -0.05) is 68.1 Å². The molecule has 0 aliphatic rings. The number of benzene rings is 2. The molecule has 3 heterocycles. The zero-order chi connectivity index (χ0) is 21.4. The predicted molar refractivity (Wildman–Crippen MR) is 120 cm³/mol. The number of thioether (sulfide) groups is 1. The van der Waals surface area contributed by atoms with Crippen molar-refractivity contribution < 1.29 is 4.42 Å². The minimum atomic E-state index is -0.0785. The molecule has 3 aromatic heterocycles. The zero-order valence-electron chi connectivity index (χ0n) is 17.2. The van der Waals surface area contributed by atoms with Crippen molar-refractivity contribution in [1.82, 2.24) is 24.1 Å². The standard InChI is InChI=1S/C23H21N5O2S/c1-15(2)19-12-24-20(30-19)14-31-23-26-25-22-27(13-16-8-4-3-5-9-16)21(29)17-10-6-7-11-18(17)28(22)23/h3-12,15H,13-14H2,1-2H3. The van der Waals surface area contributed by atoms with Gasteiger partial charge in [0.2, 0.25) is 11.7 Å². The lowest BCUT2D eigenvalue weighted by Crippen LogP contribution is -2.24. The number of oxazole rings is 1. The van der Waals surface area contributed by atoms with Gasteiger partial charge >= 0.3 is 0 Å². The van der Waals surface area contributed by atoms with Crippen LogP contribution in [-0.4, -0.2) is 24.1 Å². The molecule has 0 N–H and O–H groups in total. The fourth-order valence-corrected chi connectivity index (χ4v) is 4.31. The maximum absolute atomic E-state index is 13.3. The molecular formula is C23H21N5O2S. The van der Waals surface area contributed by atoms with E-state index in [0.29, 0.717) is 34.5 Å². The van der Waals surface area contributed by atoms with Gasteiger partial charge in [0.25, 0.3) is 5.56 Å². The Kier molecular flexibility index (Phi) is 5.07. The first-order valence-electron chi connectivity index (χ1n) is 10.1. The monoisotopic (exact) mass is 431 g/mol. The van der Waals surface area contributed by atoms with Crippen LogP contribution < -0.4 is 5.56 Å². The minimum absolute atomic E-state index is 0.0785. The van der Waals surface area contributed by atoms with Crippen LogP contribution >= 0.6 is 11.8 Å². The van der Waals surface area contributed by atoms with Gasteiger partial charge in [-0.25, -0.2) is 4.98 Å². The molecule has 5 rings (SSSR count). The highest BCUT2D eigenvalue weighted by Crippen LogP contribution is 2.26. The summed E-state index contributed by atoms with van der Waals surface area (Å²) in [6, 6.07) is 17.4. The first-order valence-corrected chi connectivity index (χ1v) is 11.1. The summed E-state index contributed by atoms with van der Waals surface area (Å²) in [5, 5.41) is 10.1. The average molecular weight is 432 g/mol. The summed E-state index contributed by atoms with van der Waals surface area (Å²) in [7, 11) is 0. The molecule has 2 aromatic carbocycles. The van der Waals surface area contributed by atoms with Crippen molar-refractivity contribution in [3.05, 3.63) is 88.4 Å². The van der Waals surface area contributed by atoms with E-state index in [-0.39, 0.29) is 11.5 Å². The molecule has 5 aromatic rings. The molecule has 7 nitrogen and oxygen atoms in total. The highest BCUT2D eigenvalue weighted by molar-refractivity contribution is 7.98. The van der Waals surface area contributed by atoms with Gasteiger partial charge < -0.3 is 4.42 Å². The Hall–Kier alpha value is -3.39. The smallest absolute Gasteiger partial charge is 0.263 e. The summed E-state index contributed by atoms with van der Waals surface area (Å²) in [4.78, 5) is 17.6. The first-order chi connectivity index (χ1) is 15.1. The van der Waals surface area contributed by atoms with Crippen molar-refractivity contribution in [3.63, 3.8) is 0 Å². The molecule has 0 fully saturated rings. The first kappa shape index (κ1) is 19.6. The van der Waals surface area contributed by atoms with Gasteiger partial charge in [0.1, 0.15) is 5.76 Å². The third-order valence-corrected chi connectivity index (χ3v) is 6.04. The third-order valence-electron chi connectivity index (χ3n) is 5.13. The van der Waals surface area contributed by atoms with Gasteiger partial charge in [0, 0.05) is 5.92 Å². The van der Waals surface area contributed by atoms with Crippen LogP contribution in [0.4, 0.5) is 0 Å². The van der Waals surface area contributed by atoms with Crippen molar-refractivity contribution in [2.45, 2.75) is 37.2 Å². The number of para-hydroxylation sites is 1. The van der Waals surface area contributed by atoms with E-state index >= 15 is 0 Å². The van der Waals surface area contributed by atoms with Crippen molar-refractivity contribution in [1.29, 1.82) is 0 Å². The van der Waals surface area contributed by atoms with Crippen molar-refractivity contribution in [2.75, 3.05) is 0 Å². The Balaban J connectivity index is 1.59. The number of rotatable bonds is 6. The lowest BCUT2D eigenvalue weighted by molar-refractivity contribution is 0.453. The number of nitrogens with zero attached hydrogens (tertiary/aromatic N) is 5. The minimum Gasteiger partial charge on any atom is -0.445 e. The SMILES string of the molecule is CC(C)c1cnc(CSc2nnc3n(Cc4ccccc4)c(=O)c4ccccc4n23)o1. The fourth-order valence-electron chi connectivity index (χ4n) is 3.52. The van der Waals surface area contributed by atoms with Crippen LogP contribution in [0.5, 0.6) is 0 Å². The number of aromatic nitrogens is 5. The van der Waals surface area contributed by atoms with Crippen LogP contribution in [0.15, 0.2) is 75.2 Å². The molecule has 0 atom stereocenters. The quantitative estimate of drug-likeness (QED) is 0.369. The molecule has 0 amide bonds. The van der Waals surface area contributed by atoms with Crippen molar-refractivity contribution >= 4 is 28.4 Å². The van der Waals surface area contributed by atoms with E-state index in [9.17, 15) is 4.79 Å². The lowest BCUT2D eigenvalue weighted by Gasteiger charge is -2.11. The molecule has 156 valence electrons. The summed E-state index contributed by atoms with van der Waals surface area (Å²) in [6.45, 7) is 4.57. The van der Waals surface area contributed by atoms with Gasteiger partial charge in [-0.3, -0.25) is 13.8 Å². The van der Waals surface area contributed by atoms with E-state index in [0.717, 1.165) is 16.8 Å². The van der Waals surface area contributed by atoms with E-state index in [2.05, 4.69) is 29.0 Å². The van der Waals surface area contributed by atoms with Gasteiger partial charge in [-0.15, -0.1) is 10.2 Å². The van der Waals surface area contributed by atoms with Gasteiger partial charge in [-0.05, 0) is 17.7 Å². The fraction of sp³-hybridized carbons (Fsp3) is 0.217. The zero-order valence-corrected chi connectivity index (χ0v) is 18.0. The Labute approximate surface area is 182 Å². The molecule has 0 aliphatic heterocycles. The predicted octanol–water partition coefficient (Wildman–Crippen LogP) is 4.50. The van der Waals surface area contributed by atoms with Crippen LogP contribution in [-0.2, 0) is 12.3 Å².